The highest BCUT2D eigenvalue weighted by molar-refractivity contribution is 5.84. The Bertz CT molecular complexity index is 411. The summed E-state index contributed by atoms with van der Waals surface area (Å²) in [4.78, 5) is 12.1. The van der Waals surface area contributed by atoms with Crippen LogP contribution in [0.1, 0.15) is 30.9 Å². The maximum absolute atomic E-state index is 12.1. The van der Waals surface area contributed by atoms with E-state index in [0.29, 0.717) is 25.6 Å². The Morgan fingerprint density at radius 2 is 2.00 bits per heavy atom. The molecule has 0 aliphatic carbocycles. The van der Waals surface area contributed by atoms with Crippen LogP contribution in [0.3, 0.4) is 0 Å². The first-order valence-corrected chi connectivity index (χ1v) is 6.53. The van der Waals surface area contributed by atoms with Crippen molar-refractivity contribution < 1.29 is 9.53 Å². The zero-order chi connectivity index (χ0) is 13.1. The second-order valence-electron chi connectivity index (χ2n) is 5.35. The Balaban J connectivity index is 1.98. The van der Waals surface area contributed by atoms with Gasteiger partial charge in [-0.05, 0) is 17.0 Å². The largest absolute Gasteiger partial charge is 0.379 e. The van der Waals surface area contributed by atoms with E-state index in [1.54, 1.807) is 0 Å². The maximum atomic E-state index is 12.1. The molecule has 18 heavy (non-hydrogen) atoms. The molecular weight excluding hydrogens is 226 g/mol. The Morgan fingerprint density at radius 1 is 1.33 bits per heavy atom. The predicted molar refractivity (Wildman–Crippen MR) is 71.5 cm³/mol. The summed E-state index contributed by atoms with van der Waals surface area (Å²) >= 11 is 0. The summed E-state index contributed by atoms with van der Waals surface area (Å²) in [5, 5.41) is 0. The number of rotatable bonds is 4. The molecule has 1 heterocycles. The van der Waals surface area contributed by atoms with Gasteiger partial charge in [-0.2, -0.15) is 0 Å². The van der Waals surface area contributed by atoms with E-state index in [9.17, 15) is 4.79 Å². The lowest BCUT2D eigenvalue weighted by atomic mass is 9.93. The normalized spacial score (nSPS) is 23.6. The molecule has 0 spiro atoms. The highest BCUT2D eigenvalue weighted by atomic mass is 16.5. The minimum Gasteiger partial charge on any atom is -0.379 e. The van der Waals surface area contributed by atoms with E-state index in [0.717, 1.165) is 5.56 Å². The zero-order valence-electron chi connectivity index (χ0n) is 11.1. The summed E-state index contributed by atoms with van der Waals surface area (Å²) in [5.41, 5.74) is 8.21. The molecule has 2 N–H and O–H groups in total. The van der Waals surface area contributed by atoms with Crippen molar-refractivity contribution in [2.24, 2.45) is 11.7 Å². The van der Waals surface area contributed by atoms with Crippen LogP contribution >= 0.6 is 0 Å². The standard InChI is InChI=1S/C15H21NO2/c1-10(2)12-5-3-11(4-6-12)7-15(17)13-8-18-9-14(13)16/h3-6,10,13-14H,7-9,16H2,1-2H3. The molecule has 2 rings (SSSR count). The average Bonchev–Trinajstić information content (AvgIpc) is 2.76. The van der Waals surface area contributed by atoms with Gasteiger partial charge in [0.2, 0.25) is 0 Å². The van der Waals surface area contributed by atoms with E-state index in [1.165, 1.54) is 5.56 Å². The Labute approximate surface area is 108 Å². The van der Waals surface area contributed by atoms with Crippen LogP contribution < -0.4 is 5.73 Å². The van der Waals surface area contributed by atoms with Crippen molar-refractivity contribution in [2.75, 3.05) is 13.2 Å². The van der Waals surface area contributed by atoms with Gasteiger partial charge in [0.25, 0.3) is 0 Å². The Kier molecular flexibility index (Phi) is 4.15. The first-order valence-electron chi connectivity index (χ1n) is 6.53. The minimum absolute atomic E-state index is 0.130. The molecule has 0 radical (unpaired) electrons. The number of ether oxygens (including phenoxy) is 1. The molecule has 1 fully saturated rings. The van der Waals surface area contributed by atoms with Gasteiger partial charge < -0.3 is 10.5 Å². The monoisotopic (exact) mass is 247 g/mol. The summed E-state index contributed by atoms with van der Waals surface area (Å²) in [6.45, 7) is 5.30. The summed E-state index contributed by atoms with van der Waals surface area (Å²) in [7, 11) is 0. The number of benzene rings is 1. The topological polar surface area (TPSA) is 52.3 Å². The highest BCUT2D eigenvalue weighted by Gasteiger charge is 2.30. The maximum Gasteiger partial charge on any atom is 0.144 e. The summed E-state index contributed by atoms with van der Waals surface area (Å²) in [5.74, 6) is 0.582. The molecule has 2 unspecified atom stereocenters. The molecule has 3 nitrogen and oxygen atoms in total. The SMILES string of the molecule is CC(C)c1ccc(CC(=O)C2COCC2N)cc1. The third kappa shape index (κ3) is 2.98. The molecule has 1 aromatic rings. The Morgan fingerprint density at radius 3 is 2.50 bits per heavy atom. The smallest absolute Gasteiger partial charge is 0.144 e. The van der Waals surface area contributed by atoms with Gasteiger partial charge in [0, 0.05) is 12.5 Å². The van der Waals surface area contributed by atoms with Crippen molar-refractivity contribution in [3.63, 3.8) is 0 Å². The number of carbonyl (C=O) groups excluding carboxylic acids is 1. The molecule has 2 atom stereocenters. The minimum atomic E-state index is -0.132. The third-order valence-corrected chi connectivity index (χ3v) is 3.56. The molecule has 0 aromatic heterocycles. The number of hydrogen-bond acceptors (Lipinski definition) is 3. The van der Waals surface area contributed by atoms with E-state index in [1.807, 2.05) is 12.1 Å². The van der Waals surface area contributed by atoms with Crippen LogP contribution in [0.15, 0.2) is 24.3 Å². The van der Waals surface area contributed by atoms with Gasteiger partial charge in [0.15, 0.2) is 0 Å². The second kappa shape index (κ2) is 5.63. The molecule has 1 saturated heterocycles. The van der Waals surface area contributed by atoms with Crippen molar-refractivity contribution in [3.8, 4) is 0 Å². The zero-order valence-corrected chi connectivity index (χ0v) is 11.1. The average molecular weight is 247 g/mol. The van der Waals surface area contributed by atoms with Gasteiger partial charge in [-0.1, -0.05) is 38.1 Å². The van der Waals surface area contributed by atoms with E-state index in [2.05, 4.69) is 26.0 Å². The molecule has 1 aromatic carbocycles. The van der Waals surface area contributed by atoms with Crippen LogP contribution in [0.25, 0.3) is 0 Å². The summed E-state index contributed by atoms with van der Waals surface area (Å²) in [6.07, 6.45) is 0.458. The first-order chi connectivity index (χ1) is 8.58. The van der Waals surface area contributed by atoms with Crippen LogP contribution in [0, 0.1) is 5.92 Å². The number of hydrogen-bond donors (Lipinski definition) is 1. The lowest BCUT2D eigenvalue weighted by Crippen LogP contribution is -2.34. The van der Waals surface area contributed by atoms with Gasteiger partial charge in [-0.3, -0.25) is 4.79 Å². The van der Waals surface area contributed by atoms with Gasteiger partial charge >= 0.3 is 0 Å². The fraction of sp³-hybridized carbons (Fsp3) is 0.533. The molecule has 3 heteroatoms. The van der Waals surface area contributed by atoms with Crippen LogP contribution in [-0.4, -0.2) is 25.0 Å². The fourth-order valence-corrected chi connectivity index (χ4v) is 2.26. The summed E-state index contributed by atoms with van der Waals surface area (Å²) in [6, 6.07) is 8.13. The Hall–Kier alpha value is -1.19. The van der Waals surface area contributed by atoms with E-state index < -0.39 is 0 Å². The van der Waals surface area contributed by atoms with Crippen molar-refractivity contribution in [2.45, 2.75) is 32.2 Å². The highest BCUT2D eigenvalue weighted by Crippen LogP contribution is 2.18. The van der Waals surface area contributed by atoms with Crippen LogP contribution in [-0.2, 0) is 16.0 Å². The molecule has 0 saturated carbocycles. The van der Waals surface area contributed by atoms with Crippen molar-refractivity contribution >= 4 is 5.78 Å². The fourth-order valence-electron chi connectivity index (χ4n) is 2.26. The van der Waals surface area contributed by atoms with E-state index >= 15 is 0 Å². The number of ketones is 1. The predicted octanol–water partition coefficient (Wildman–Crippen LogP) is 1.90. The third-order valence-electron chi connectivity index (χ3n) is 3.56. The first kappa shape index (κ1) is 13.2. The molecular formula is C15H21NO2. The van der Waals surface area contributed by atoms with Gasteiger partial charge in [0.05, 0.1) is 19.1 Å². The lowest BCUT2D eigenvalue weighted by Gasteiger charge is -2.12. The van der Waals surface area contributed by atoms with Crippen LogP contribution in [0.2, 0.25) is 0 Å². The van der Waals surface area contributed by atoms with Crippen LogP contribution in [0.5, 0.6) is 0 Å². The molecule has 98 valence electrons. The van der Waals surface area contributed by atoms with Gasteiger partial charge in [-0.25, -0.2) is 0 Å². The quantitative estimate of drug-likeness (QED) is 0.884. The van der Waals surface area contributed by atoms with Crippen molar-refractivity contribution in [1.82, 2.24) is 0 Å². The second-order valence-corrected chi connectivity index (χ2v) is 5.35. The molecule has 1 aliphatic heterocycles. The van der Waals surface area contributed by atoms with Gasteiger partial charge in [0.1, 0.15) is 5.78 Å². The van der Waals surface area contributed by atoms with Crippen molar-refractivity contribution in [1.29, 1.82) is 0 Å². The number of Topliss-reactive ketones (excluding diaryl/α,β-unsaturated/α-hetero) is 1. The molecule has 1 aliphatic rings. The summed E-state index contributed by atoms with van der Waals surface area (Å²) < 4.78 is 5.23. The lowest BCUT2D eigenvalue weighted by molar-refractivity contribution is -0.122. The van der Waals surface area contributed by atoms with E-state index in [4.69, 9.17) is 10.5 Å². The molecule has 0 bridgehead atoms. The van der Waals surface area contributed by atoms with E-state index in [-0.39, 0.29) is 17.7 Å². The number of nitrogens with two attached hydrogens (primary N) is 1. The number of carbonyl (C=O) groups is 1. The molecule has 0 amide bonds. The van der Waals surface area contributed by atoms with Crippen molar-refractivity contribution in [3.05, 3.63) is 35.4 Å². The van der Waals surface area contributed by atoms with Crippen LogP contribution in [0.4, 0.5) is 0 Å². The van der Waals surface area contributed by atoms with Gasteiger partial charge in [-0.15, -0.1) is 0 Å².